The second-order valence-corrected chi connectivity index (χ2v) is 3.82. The molecular weight excluding hydrogens is 216 g/mol. The maximum Gasteiger partial charge on any atom is 0.312 e. The number of rotatable bonds is 5. The number of fused-ring (bicyclic) bond motifs is 1. The maximum atomic E-state index is 10.5. The van der Waals surface area contributed by atoms with E-state index >= 15 is 0 Å². The summed E-state index contributed by atoms with van der Waals surface area (Å²) in [6.07, 6.45) is 1.93. The van der Waals surface area contributed by atoms with Gasteiger partial charge in [0, 0.05) is 36.7 Å². The first-order chi connectivity index (χ1) is 8.27. The number of carbonyl (C=O) groups excluding carboxylic acids is 1. The number of aromatic nitrogens is 1. The molecule has 5 nitrogen and oxygen atoms in total. The van der Waals surface area contributed by atoms with Gasteiger partial charge in [-0.1, -0.05) is 12.1 Å². The highest BCUT2D eigenvalue weighted by Gasteiger charge is 2.00. The van der Waals surface area contributed by atoms with Crippen LogP contribution in [-0.2, 0) is 6.54 Å². The lowest BCUT2D eigenvalue weighted by Crippen LogP contribution is -2.35. The predicted molar refractivity (Wildman–Crippen MR) is 67.6 cm³/mol. The smallest absolute Gasteiger partial charge is 0.312 e. The molecule has 0 saturated heterocycles. The third-order valence-corrected chi connectivity index (χ3v) is 2.60. The third kappa shape index (κ3) is 2.98. The minimum atomic E-state index is -0.487. The van der Waals surface area contributed by atoms with Crippen molar-refractivity contribution < 1.29 is 4.79 Å². The summed E-state index contributed by atoms with van der Waals surface area (Å²) in [5.41, 5.74) is 7.34. The lowest BCUT2D eigenvalue weighted by atomic mass is 10.1. The zero-order valence-electron chi connectivity index (χ0n) is 9.49. The SMILES string of the molecule is NC(=O)NCCNCc1cccc2[nH]ccc12. The number of carbonyl (C=O) groups is 1. The zero-order chi connectivity index (χ0) is 12.1. The Balaban J connectivity index is 1.86. The lowest BCUT2D eigenvalue weighted by molar-refractivity contribution is 0.249. The van der Waals surface area contributed by atoms with E-state index in [0.717, 1.165) is 12.1 Å². The monoisotopic (exact) mass is 232 g/mol. The molecule has 0 spiro atoms. The standard InChI is InChI=1S/C12H16N4O/c13-12(17)16-7-6-14-8-9-2-1-3-11-10(9)4-5-15-11/h1-5,14-15H,6-8H2,(H3,13,16,17). The van der Waals surface area contributed by atoms with Gasteiger partial charge in [-0.05, 0) is 17.7 Å². The van der Waals surface area contributed by atoms with Crippen molar-refractivity contribution in [2.75, 3.05) is 13.1 Å². The fraction of sp³-hybridized carbons (Fsp3) is 0.250. The fourth-order valence-corrected chi connectivity index (χ4v) is 1.80. The van der Waals surface area contributed by atoms with Crippen LogP contribution in [-0.4, -0.2) is 24.1 Å². The quantitative estimate of drug-likeness (QED) is 0.578. The summed E-state index contributed by atoms with van der Waals surface area (Å²) >= 11 is 0. The van der Waals surface area contributed by atoms with Gasteiger partial charge in [-0.25, -0.2) is 4.79 Å². The number of primary amides is 1. The van der Waals surface area contributed by atoms with Crippen molar-refractivity contribution in [3.05, 3.63) is 36.0 Å². The second-order valence-electron chi connectivity index (χ2n) is 3.82. The number of benzene rings is 1. The number of nitrogens with two attached hydrogens (primary N) is 1. The molecule has 0 aliphatic carbocycles. The number of hydrogen-bond donors (Lipinski definition) is 4. The molecule has 2 aromatic rings. The summed E-state index contributed by atoms with van der Waals surface area (Å²) in [6.45, 7) is 2.01. The molecule has 1 aromatic carbocycles. The minimum absolute atomic E-state index is 0.487. The molecule has 0 radical (unpaired) electrons. The average Bonchev–Trinajstić information content (AvgIpc) is 2.77. The predicted octanol–water partition coefficient (Wildman–Crippen LogP) is 0.926. The van der Waals surface area contributed by atoms with Crippen molar-refractivity contribution in [3.8, 4) is 0 Å². The van der Waals surface area contributed by atoms with Crippen LogP contribution in [0, 0.1) is 0 Å². The van der Waals surface area contributed by atoms with E-state index in [1.165, 1.54) is 10.9 Å². The molecule has 1 aromatic heterocycles. The number of H-pyrrole nitrogens is 1. The summed E-state index contributed by atoms with van der Waals surface area (Å²) in [6, 6.07) is 7.74. The van der Waals surface area contributed by atoms with Crippen LogP contribution < -0.4 is 16.4 Å². The van der Waals surface area contributed by atoms with Gasteiger partial charge in [0.2, 0.25) is 0 Å². The fourth-order valence-electron chi connectivity index (χ4n) is 1.80. The zero-order valence-corrected chi connectivity index (χ0v) is 9.49. The van der Waals surface area contributed by atoms with E-state index in [1.807, 2.05) is 18.3 Å². The Morgan fingerprint density at radius 3 is 3.00 bits per heavy atom. The van der Waals surface area contributed by atoms with Crippen molar-refractivity contribution in [2.45, 2.75) is 6.54 Å². The van der Waals surface area contributed by atoms with Gasteiger partial charge in [0.05, 0.1) is 0 Å². The molecule has 0 fully saturated rings. The molecule has 0 aliphatic heterocycles. The first kappa shape index (κ1) is 11.5. The van der Waals surface area contributed by atoms with Gasteiger partial charge in [0.15, 0.2) is 0 Å². The van der Waals surface area contributed by atoms with Gasteiger partial charge in [-0.2, -0.15) is 0 Å². The Bertz CT molecular complexity index is 506. The highest BCUT2D eigenvalue weighted by Crippen LogP contribution is 2.16. The van der Waals surface area contributed by atoms with Crippen molar-refractivity contribution in [1.29, 1.82) is 0 Å². The molecule has 90 valence electrons. The third-order valence-electron chi connectivity index (χ3n) is 2.60. The van der Waals surface area contributed by atoms with E-state index < -0.39 is 6.03 Å². The Morgan fingerprint density at radius 2 is 2.18 bits per heavy atom. The number of amides is 2. The normalized spacial score (nSPS) is 10.6. The van der Waals surface area contributed by atoms with Gasteiger partial charge < -0.3 is 21.4 Å². The van der Waals surface area contributed by atoms with E-state index in [2.05, 4.69) is 27.8 Å². The molecule has 5 heteroatoms. The van der Waals surface area contributed by atoms with Crippen LogP contribution >= 0.6 is 0 Å². The van der Waals surface area contributed by atoms with Crippen molar-refractivity contribution in [3.63, 3.8) is 0 Å². The molecule has 0 atom stereocenters. The first-order valence-corrected chi connectivity index (χ1v) is 5.56. The van der Waals surface area contributed by atoms with Gasteiger partial charge in [-0.15, -0.1) is 0 Å². The molecule has 0 aliphatic rings. The Labute approximate surface area is 99.4 Å². The first-order valence-electron chi connectivity index (χ1n) is 5.56. The van der Waals surface area contributed by atoms with Gasteiger partial charge in [0.1, 0.15) is 0 Å². The highest BCUT2D eigenvalue weighted by atomic mass is 16.2. The molecule has 1 heterocycles. The summed E-state index contributed by atoms with van der Waals surface area (Å²) < 4.78 is 0. The topological polar surface area (TPSA) is 82.9 Å². The number of nitrogens with one attached hydrogen (secondary N) is 3. The molecule has 0 saturated carbocycles. The van der Waals surface area contributed by atoms with Crippen LogP contribution in [0.4, 0.5) is 4.79 Å². The van der Waals surface area contributed by atoms with Crippen molar-refractivity contribution >= 4 is 16.9 Å². The average molecular weight is 232 g/mol. The number of hydrogen-bond acceptors (Lipinski definition) is 2. The van der Waals surface area contributed by atoms with E-state index in [-0.39, 0.29) is 0 Å². The number of urea groups is 1. The van der Waals surface area contributed by atoms with Crippen LogP contribution in [0.2, 0.25) is 0 Å². The molecule has 0 bridgehead atoms. The van der Waals surface area contributed by atoms with Crippen molar-refractivity contribution in [2.24, 2.45) is 5.73 Å². The Hall–Kier alpha value is -2.01. The molecule has 2 amide bonds. The van der Waals surface area contributed by atoms with Gasteiger partial charge in [0.25, 0.3) is 0 Å². The summed E-state index contributed by atoms with van der Waals surface area (Å²) in [4.78, 5) is 13.6. The van der Waals surface area contributed by atoms with Crippen LogP contribution in [0.1, 0.15) is 5.56 Å². The van der Waals surface area contributed by atoms with Crippen LogP contribution in [0.15, 0.2) is 30.5 Å². The van der Waals surface area contributed by atoms with E-state index in [0.29, 0.717) is 13.1 Å². The van der Waals surface area contributed by atoms with E-state index in [9.17, 15) is 4.79 Å². The Kier molecular flexibility index (Phi) is 3.62. The van der Waals surface area contributed by atoms with Crippen LogP contribution in [0.3, 0.4) is 0 Å². The molecule has 0 unspecified atom stereocenters. The van der Waals surface area contributed by atoms with Gasteiger partial charge >= 0.3 is 6.03 Å². The highest BCUT2D eigenvalue weighted by molar-refractivity contribution is 5.82. The molecule has 17 heavy (non-hydrogen) atoms. The molecule has 2 rings (SSSR count). The minimum Gasteiger partial charge on any atom is -0.361 e. The Morgan fingerprint density at radius 1 is 1.29 bits per heavy atom. The summed E-state index contributed by atoms with van der Waals surface area (Å²) in [5, 5.41) is 7.01. The summed E-state index contributed by atoms with van der Waals surface area (Å²) in [5.74, 6) is 0. The van der Waals surface area contributed by atoms with Crippen LogP contribution in [0.25, 0.3) is 10.9 Å². The number of aromatic amines is 1. The van der Waals surface area contributed by atoms with Gasteiger partial charge in [-0.3, -0.25) is 0 Å². The maximum absolute atomic E-state index is 10.5. The second kappa shape index (κ2) is 5.36. The van der Waals surface area contributed by atoms with E-state index in [4.69, 9.17) is 5.73 Å². The molecule has 5 N–H and O–H groups in total. The van der Waals surface area contributed by atoms with E-state index in [1.54, 1.807) is 0 Å². The van der Waals surface area contributed by atoms with Crippen molar-refractivity contribution in [1.82, 2.24) is 15.6 Å². The summed E-state index contributed by atoms with van der Waals surface area (Å²) in [7, 11) is 0. The lowest BCUT2D eigenvalue weighted by Gasteiger charge is -2.06. The molecular formula is C12H16N4O. The largest absolute Gasteiger partial charge is 0.361 e. The van der Waals surface area contributed by atoms with Crippen LogP contribution in [0.5, 0.6) is 0 Å².